The van der Waals surface area contributed by atoms with Crippen molar-refractivity contribution in [1.29, 1.82) is 0 Å². The quantitative estimate of drug-likeness (QED) is 0.244. The minimum atomic E-state index is -2.61. The Morgan fingerprint density at radius 3 is 1.94 bits per heavy atom. The Morgan fingerprint density at radius 1 is 0.606 bits per heavy atom. The molecule has 0 amide bonds. The number of fused-ring (bicyclic) bond motifs is 9. The van der Waals surface area contributed by atoms with Gasteiger partial charge in [0.1, 0.15) is 11.2 Å². The van der Waals surface area contributed by atoms with Crippen LogP contribution in [0.1, 0.15) is 19.4 Å². The van der Waals surface area contributed by atoms with E-state index in [0.717, 1.165) is 38.5 Å². The molecular weight excluding hydrogens is 402 g/mol. The van der Waals surface area contributed by atoms with Gasteiger partial charge in [0.15, 0.2) is 0 Å². The minimum Gasteiger partial charge on any atom is -0.455 e. The van der Waals surface area contributed by atoms with E-state index in [0.29, 0.717) is 22.4 Å². The Balaban J connectivity index is 1.54. The highest BCUT2D eigenvalue weighted by Gasteiger charge is 2.16. The summed E-state index contributed by atoms with van der Waals surface area (Å²) in [6.07, 6.45) is 1.15. The number of benzene rings is 5. The van der Waals surface area contributed by atoms with Crippen LogP contribution in [0.5, 0.6) is 0 Å². The van der Waals surface area contributed by atoms with Gasteiger partial charge in [0, 0.05) is 30.8 Å². The molecule has 7 aromatic rings. The molecule has 0 spiro atoms. The molecule has 5 aromatic carbocycles. The average Bonchev–Trinajstić information content (AvgIpc) is 3.29. The fourth-order valence-electron chi connectivity index (χ4n) is 5.00. The first-order valence-corrected chi connectivity index (χ1v) is 10.8. The van der Waals surface area contributed by atoms with Crippen LogP contribution in [0.25, 0.3) is 65.5 Å². The summed E-state index contributed by atoms with van der Waals surface area (Å²) in [4.78, 5) is 4.38. The average molecular weight is 430 g/mol. The van der Waals surface area contributed by atoms with Gasteiger partial charge in [-0.2, -0.15) is 0 Å². The molecule has 156 valence electrons. The summed E-state index contributed by atoms with van der Waals surface area (Å²) in [5, 5.41) is 8.67. The van der Waals surface area contributed by atoms with Crippen LogP contribution in [0.3, 0.4) is 0 Å². The van der Waals surface area contributed by atoms with E-state index < -0.39 is 13.7 Å². The first-order chi connectivity index (χ1) is 18.6. The predicted molar refractivity (Wildman–Crippen MR) is 139 cm³/mol. The molecule has 0 unspecified atom stereocenters. The number of hydrogen-bond acceptors (Lipinski definition) is 2. The Morgan fingerprint density at radius 2 is 1.24 bits per heavy atom. The Labute approximate surface area is 199 Å². The summed E-state index contributed by atoms with van der Waals surface area (Å²) in [6, 6.07) is 28.0. The lowest BCUT2D eigenvalue weighted by Crippen LogP contribution is -1.88. The molecule has 33 heavy (non-hydrogen) atoms. The van der Waals surface area contributed by atoms with Gasteiger partial charge < -0.3 is 4.42 Å². The van der Waals surface area contributed by atoms with Crippen LogP contribution in [0.15, 0.2) is 95.5 Å². The lowest BCUT2D eigenvalue weighted by Gasteiger charge is -2.10. The summed E-state index contributed by atoms with van der Waals surface area (Å²) in [5.74, 6) is 0. The van der Waals surface area contributed by atoms with Crippen LogP contribution in [-0.4, -0.2) is 4.98 Å². The van der Waals surface area contributed by atoms with Crippen molar-refractivity contribution in [3.05, 3.63) is 102 Å². The van der Waals surface area contributed by atoms with Crippen molar-refractivity contribution in [2.75, 3.05) is 0 Å². The maximum absolute atomic E-state index is 7.95. The van der Waals surface area contributed by atoms with Crippen molar-refractivity contribution >= 4 is 54.3 Å². The van der Waals surface area contributed by atoms with Crippen molar-refractivity contribution in [2.45, 2.75) is 13.7 Å². The smallest absolute Gasteiger partial charge is 0.144 e. The van der Waals surface area contributed by atoms with Gasteiger partial charge in [0.25, 0.3) is 0 Å². The predicted octanol–water partition coefficient (Wildman–Crippen LogP) is 8.72. The molecule has 0 aliphatic carbocycles. The van der Waals surface area contributed by atoms with Crippen LogP contribution in [-0.2, 0) is 0 Å². The molecular formula is C31H21NO. The highest BCUT2D eigenvalue weighted by atomic mass is 16.3. The van der Waals surface area contributed by atoms with Gasteiger partial charge >= 0.3 is 0 Å². The molecule has 0 N–H and O–H groups in total. The maximum atomic E-state index is 7.95. The number of furan rings is 1. The van der Waals surface area contributed by atoms with Crippen molar-refractivity contribution in [3.63, 3.8) is 0 Å². The van der Waals surface area contributed by atoms with Crippen LogP contribution in [0.2, 0.25) is 0 Å². The SMILES string of the molecule is [2H]C([2H])([2H])c1cnc(-c2cccc3c2oc2cc4c5ccccc5c5ccccc5c4cc23)cc1C([2H])([2H])[2H]. The zero-order valence-corrected chi connectivity index (χ0v) is 17.5. The standard InChI is InChI=1S/C31H21NO/c1-18-14-29(32-17-19(18)2)25-13-7-12-24-28-15-26-22-10-5-3-8-20(22)21-9-4-6-11-23(21)27(26)16-30(28)33-31(24)25/h3-17H,1-2H3/i1D3,2D3. The molecule has 0 radical (unpaired) electrons. The van der Waals surface area contributed by atoms with E-state index in [-0.39, 0.29) is 11.1 Å². The lowest BCUT2D eigenvalue weighted by molar-refractivity contribution is 0.670. The highest BCUT2D eigenvalue weighted by molar-refractivity contribution is 6.28. The zero-order valence-electron chi connectivity index (χ0n) is 23.5. The fourth-order valence-corrected chi connectivity index (χ4v) is 5.00. The van der Waals surface area contributed by atoms with Gasteiger partial charge in [-0.3, -0.25) is 4.98 Å². The van der Waals surface area contributed by atoms with Gasteiger partial charge in [-0.05, 0) is 81.4 Å². The van der Waals surface area contributed by atoms with E-state index in [1.54, 1.807) is 0 Å². The zero-order chi connectivity index (χ0) is 27.1. The second kappa shape index (κ2) is 6.66. The van der Waals surface area contributed by atoms with Gasteiger partial charge in [0.05, 0.1) is 5.69 Å². The molecule has 0 saturated carbocycles. The topological polar surface area (TPSA) is 26.0 Å². The molecule has 0 aliphatic rings. The second-order valence-electron chi connectivity index (χ2n) is 8.38. The van der Waals surface area contributed by atoms with Gasteiger partial charge in [-0.1, -0.05) is 60.7 Å². The molecule has 0 fully saturated rings. The monoisotopic (exact) mass is 429 g/mol. The molecule has 0 atom stereocenters. The van der Waals surface area contributed by atoms with Crippen molar-refractivity contribution in [2.24, 2.45) is 0 Å². The van der Waals surface area contributed by atoms with Crippen LogP contribution in [0, 0.1) is 13.7 Å². The fraction of sp³-hybridized carbons (Fsp3) is 0.0645. The molecule has 2 heteroatoms. The summed E-state index contributed by atoms with van der Waals surface area (Å²) < 4.78 is 53.6. The molecule has 2 aromatic heterocycles. The Hall–Kier alpha value is -4.17. The summed E-state index contributed by atoms with van der Waals surface area (Å²) in [7, 11) is 0. The molecule has 2 heterocycles. The third kappa shape index (κ3) is 2.58. The number of aryl methyl sites for hydroxylation is 2. The highest BCUT2D eigenvalue weighted by Crippen LogP contribution is 2.41. The van der Waals surface area contributed by atoms with Crippen LogP contribution >= 0.6 is 0 Å². The van der Waals surface area contributed by atoms with E-state index in [1.165, 1.54) is 16.8 Å². The second-order valence-corrected chi connectivity index (χ2v) is 8.38. The molecule has 2 nitrogen and oxygen atoms in total. The number of rotatable bonds is 1. The molecule has 0 aliphatic heterocycles. The van der Waals surface area contributed by atoms with E-state index >= 15 is 0 Å². The number of aromatic nitrogens is 1. The Bertz CT molecular complexity index is 2100. The first kappa shape index (κ1) is 13.4. The van der Waals surface area contributed by atoms with E-state index in [9.17, 15) is 0 Å². The normalized spacial score (nSPS) is 15.4. The number of nitrogens with zero attached hydrogens (tertiary/aromatic N) is 1. The number of para-hydroxylation sites is 1. The van der Waals surface area contributed by atoms with Crippen LogP contribution in [0.4, 0.5) is 0 Å². The molecule has 0 bridgehead atoms. The molecule has 7 rings (SSSR count). The molecule has 0 saturated heterocycles. The number of hydrogen-bond donors (Lipinski definition) is 0. The van der Waals surface area contributed by atoms with Crippen molar-refractivity contribution < 1.29 is 12.6 Å². The van der Waals surface area contributed by atoms with E-state index in [4.69, 9.17) is 12.6 Å². The van der Waals surface area contributed by atoms with E-state index in [1.807, 2.05) is 36.4 Å². The maximum Gasteiger partial charge on any atom is 0.144 e. The van der Waals surface area contributed by atoms with E-state index in [2.05, 4.69) is 47.4 Å². The third-order valence-corrected chi connectivity index (χ3v) is 6.54. The summed E-state index contributed by atoms with van der Waals surface area (Å²) >= 11 is 0. The van der Waals surface area contributed by atoms with Crippen molar-refractivity contribution in [3.8, 4) is 11.3 Å². The lowest BCUT2D eigenvalue weighted by atomic mass is 9.93. The third-order valence-electron chi connectivity index (χ3n) is 6.54. The summed E-state index contributed by atoms with van der Waals surface area (Å²) in [6.45, 7) is -5.20. The van der Waals surface area contributed by atoms with Crippen LogP contribution < -0.4 is 0 Å². The summed E-state index contributed by atoms with van der Waals surface area (Å²) in [5.41, 5.74) is 1.73. The number of pyridine rings is 1. The minimum absolute atomic E-state index is 0.232. The Kier molecular flexibility index (Phi) is 2.70. The van der Waals surface area contributed by atoms with Gasteiger partial charge in [-0.25, -0.2) is 0 Å². The van der Waals surface area contributed by atoms with Gasteiger partial charge in [-0.15, -0.1) is 0 Å². The first-order valence-electron chi connectivity index (χ1n) is 13.8. The van der Waals surface area contributed by atoms with Crippen molar-refractivity contribution in [1.82, 2.24) is 4.98 Å². The van der Waals surface area contributed by atoms with Gasteiger partial charge in [0.2, 0.25) is 0 Å². The largest absolute Gasteiger partial charge is 0.455 e.